The van der Waals surface area contributed by atoms with E-state index in [1.54, 1.807) is 0 Å². The highest BCUT2D eigenvalue weighted by molar-refractivity contribution is 9.10. The number of para-hydroxylation sites is 1. The molecule has 5 aromatic rings. The van der Waals surface area contributed by atoms with E-state index in [1.807, 2.05) is 24.4 Å². The van der Waals surface area contributed by atoms with E-state index in [9.17, 15) is 10.2 Å². The standard InChI is InChI=1S/C23H18BrN3O2/c24-14-5-6-17-15(10-14)16(11-25-17)19-20(23(29)26-22(19)28)18-7-4-12-2-1-3-13-8-9-27(18)21(12)13/h1-3,5-6,8-11,18,25-26,28-29H,4,7H2. The summed E-state index contributed by atoms with van der Waals surface area (Å²) in [5.74, 6) is 0.00807. The molecule has 0 spiro atoms. The summed E-state index contributed by atoms with van der Waals surface area (Å²) in [6.07, 6.45) is 5.75. The molecule has 1 aliphatic heterocycles. The summed E-state index contributed by atoms with van der Waals surface area (Å²) >= 11 is 3.54. The van der Waals surface area contributed by atoms with Crippen LogP contribution in [0.3, 0.4) is 0 Å². The van der Waals surface area contributed by atoms with Crippen LogP contribution in [0.5, 0.6) is 11.8 Å². The van der Waals surface area contributed by atoms with Crippen molar-refractivity contribution in [3.05, 3.63) is 70.5 Å². The molecule has 6 heteroatoms. The maximum atomic E-state index is 10.8. The number of aromatic amines is 2. The number of aromatic hydroxyl groups is 2. The molecule has 1 atom stereocenters. The summed E-state index contributed by atoms with van der Waals surface area (Å²) in [5.41, 5.74) is 5.75. The predicted octanol–water partition coefficient (Wildman–Crippen LogP) is 5.83. The van der Waals surface area contributed by atoms with Gasteiger partial charge in [-0.2, -0.15) is 0 Å². The lowest BCUT2D eigenvalue weighted by Crippen LogP contribution is -2.16. The number of H-pyrrole nitrogens is 2. The maximum absolute atomic E-state index is 10.8. The third-order valence-electron chi connectivity index (χ3n) is 6.09. The number of nitrogens with zero attached hydrogens (tertiary/aromatic N) is 1. The molecule has 6 rings (SSSR count). The molecule has 4 heterocycles. The number of rotatable bonds is 2. The number of benzene rings is 2. The van der Waals surface area contributed by atoms with Crippen LogP contribution in [0.4, 0.5) is 0 Å². The molecule has 29 heavy (non-hydrogen) atoms. The molecule has 144 valence electrons. The number of aromatic nitrogens is 3. The van der Waals surface area contributed by atoms with Crippen LogP contribution in [0.1, 0.15) is 23.6 Å². The Morgan fingerprint density at radius 3 is 2.86 bits per heavy atom. The van der Waals surface area contributed by atoms with Gasteiger partial charge in [-0.05, 0) is 48.1 Å². The average molecular weight is 448 g/mol. The molecule has 0 amide bonds. The minimum Gasteiger partial charge on any atom is -0.494 e. The lowest BCUT2D eigenvalue weighted by molar-refractivity contribution is 0.416. The molecule has 0 fully saturated rings. The van der Waals surface area contributed by atoms with Gasteiger partial charge in [-0.3, -0.25) is 4.98 Å². The fourth-order valence-electron chi connectivity index (χ4n) is 4.86. The number of halogens is 1. The average Bonchev–Trinajstić information content (AvgIpc) is 3.39. The largest absolute Gasteiger partial charge is 0.494 e. The molecule has 5 nitrogen and oxygen atoms in total. The van der Waals surface area contributed by atoms with Crippen LogP contribution in [0.15, 0.2) is 59.3 Å². The van der Waals surface area contributed by atoms with Crippen LogP contribution in [0.2, 0.25) is 0 Å². The number of aryl methyl sites for hydroxylation is 1. The maximum Gasteiger partial charge on any atom is 0.199 e. The van der Waals surface area contributed by atoms with Gasteiger partial charge in [-0.1, -0.05) is 34.1 Å². The number of hydrogen-bond acceptors (Lipinski definition) is 2. The van der Waals surface area contributed by atoms with E-state index in [4.69, 9.17) is 0 Å². The predicted molar refractivity (Wildman–Crippen MR) is 118 cm³/mol. The van der Waals surface area contributed by atoms with Gasteiger partial charge < -0.3 is 19.8 Å². The zero-order valence-corrected chi connectivity index (χ0v) is 17.0. The van der Waals surface area contributed by atoms with Crippen LogP contribution in [-0.2, 0) is 6.42 Å². The molecule has 0 saturated carbocycles. The third kappa shape index (κ3) is 2.32. The Balaban J connectivity index is 1.61. The van der Waals surface area contributed by atoms with Gasteiger partial charge in [-0.15, -0.1) is 0 Å². The van der Waals surface area contributed by atoms with E-state index in [2.05, 4.69) is 60.9 Å². The van der Waals surface area contributed by atoms with Crippen LogP contribution in [0, 0.1) is 0 Å². The van der Waals surface area contributed by atoms with Crippen LogP contribution in [-0.4, -0.2) is 24.7 Å². The lowest BCUT2D eigenvalue weighted by atomic mass is 9.91. The van der Waals surface area contributed by atoms with Crippen LogP contribution >= 0.6 is 15.9 Å². The van der Waals surface area contributed by atoms with Gasteiger partial charge in [-0.25, -0.2) is 0 Å². The highest BCUT2D eigenvalue weighted by atomic mass is 79.9. The van der Waals surface area contributed by atoms with Crippen molar-refractivity contribution in [3.8, 4) is 22.9 Å². The molecule has 0 radical (unpaired) electrons. The van der Waals surface area contributed by atoms with Gasteiger partial charge >= 0.3 is 0 Å². The van der Waals surface area contributed by atoms with E-state index in [0.717, 1.165) is 39.3 Å². The van der Waals surface area contributed by atoms with Crippen molar-refractivity contribution in [2.24, 2.45) is 0 Å². The smallest absolute Gasteiger partial charge is 0.199 e. The Kier molecular flexibility index (Phi) is 3.44. The SMILES string of the molecule is Oc1[nH]c(O)c(C2CCc3cccc4ccn2c34)c1-c1c[nH]c2ccc(Br)cc12. The van der Waals surface area contributed by atoms with Crippen LogP contribution in [0.25, 0.3) is 32.9 Å². The first-order valence-corrected chi connectivity index (χ1v) is 10.4. The summed E-state index contributed by atoms with van der Waals surface area (Å²) in [7, 11) is 0. The third-order valence-corrected chi connectivity index (χ3v) is 6.58. The van der Waals surface area contributed by atoms with Crippen molar-refractivity contribution in [1.29, 1.82) is 0 Å². The minimum absolute atomic E-state index is 0.0133. The quantitative estimate of drug-likeness (QED) is 0.274. The number of nitrogens with one attached hydrogen (secondary N) is 2. The molecule has 2 aromatic carbocycles. The number of hydrogen-bond donors (Lipinski definition) is 4. The molecule has 0 bridgehead atoms. The summed E-state index contributed by atoms with van der Waals surface area (Å²) in [6, 6.07) is 14.4. The van der Waals surface area contributed by atoms with E-state index in [-0.39, 0.29) is 17.8 Å². The summed E-state index contributed by atoms with van der Waals surface area (Å²) in [6.45, 7) is 0. The van der Waals surface area contributed by atoms with Gasteiger partial charge in [0.25, 0.3) is 0 Å². The fourth-order valence-corrected chi connectivity index (χ4v) is 5.22. The zero-order valence-electron chi connectivity index (χ0n) is 15.4. The molecule has 1 aliphatic rings. The van der Waals surface area contributed by atoms with Crippen molar-refractivity contribution in [2.75, 3.05) is 0 Å². The summed E-state index contributed by atoms with van der Waals surface area (Å²) < 4.78 is 3.19. The van der Waals surface area contributed by atoms with Crippen molar-refractivity contribution in [3.63, 3.8) is 0 Å². The zero-order chi connectivity index (χ0) is 19.7. The monoisotopic (exact) mass is 447 g/mol. The van der Waals surface area contributed by atoms with Gasteiger partial charge in [0.05, 0.1) is 17.1 Å². The van der Waals surface area contributed by atoms with Crippen molar-refractivity contribution >= 4 is 37.7 Å². The van der Waals surface area contributed by atoms with Crippen molar-refractivity contribution in [2.45, 2.75) is 18.9 Å². The topological polar surface area (TPSA) is 77.0 Å². The lowest BCUT2D eigenvalue weighted by Gasteiger charge is -2.26. The molecule has 4 N–H and O–H groups in total. The first-order chi connectivity index (χ1) is 14.1. The second kappa shape index (κ2) is 5.94. The number of fused-ring (bicyclic) bond motifs is 1. The Bertz CT molecular complexity index is 1410. The molecule has 1 unspecified atom stereocenters. The van der Waals surface area contributed by atoms with E-state index in [0.29, 0.717) is 5.56 Å². The molecule has 3 aromatic heterocycles. The Hall–Kier alpha value is -3.12. The normalized spacial score (nSPS) is 16.1. The fraction of sp³-hybridized carbons (Fsp3) is 0.130. The van der Waals surface area contributed by atoms with Crippen molar-refractivity contribution < 1.29 is 10.2 Å². The summed E-state index contributed by atoms with van der Waals surface area (Å²) in [4.78, 5) is 6.04. The highest BCUT2D eigenvalue weighted by Gasteiger charge is 2.31. The molecular formula is C23H18BrN3O2. The van der Waals surface area contributed by atoms with Gasteiger partial charge in [0.15, 0.2) is 11.8 Å². The van der Waals surface area contributed by atoms with Gasteiger partial charge in [0.2, 0.25) is 0 Å². The second-order valence-electron chi connectivity index (χ2n) is 7.64. The van der Waals surface area contributed by atoms with Crippen LogP contribution < -0.4 is 0 Å². The van der Waals surface area contributed by atoms with Gasteiger partial charge in [0, 0.05) is 38.9 Å². The highest BCUT2D eigenvalue weighted by Crippen LogP contribution is 2.48. The molecule has 0 aliphatic carbocycles. The molecular weight excluding hydrogens is 430 g/mol. The summed E-state index contributed by atoms with van der Waals surface area (Å²) in [5, 5.41) is 23.7. The second-order valence-corrected chi connectivity index (χ2v) is 8.55. The first kappa shape index (κ1) is 16.8. The Labute approximate surface area is 174 Å². The minimum atomic E-state index is -0.0633. The van der Waals surface area contributed by atoms with Gasteiger partial charge in [0.1, 0.15) is 0 Å². The Morgan fingerprint density at radius 2 is 1.97 bits per heavy atom. The van der Waals surface area contributed by atoms with E-state index < -0.39 is 0 Å². The first-order valence-electron chi connectivity index (χ1n) is 9.61. The van der Waals surface area contributed by atoms with Crippen molar-refractivity contribution in [1.82, 2.24) is 14.5 Å². The Morgan fingerprint density at radius 1 is 1.07 bits per heavy atom. The van der Waals surface area contributed by atoms with E-state index in [1.165, 1.54) is 16.5 Å². The molecule has 0 saturated heterocycles. The van der Waals surface area contributed by atoms with E-state index >= 15 is 0 Å².